The van der Waals surface area contributed by atoms with Gasteiger partial charge in [0.25, 0.3) is 5.56 Å². The van der Waals surface area contributed by atoms with Gasteiger partial charge in [0.1, 0.15) is 18.1 Å². The van der Waals surface area contributed by atoms with Gasteiger partial charge < -0.3 is 4.74 Å². The van der Waals surface area contributed by atoms with Crippen molar-refractivity contribution in [2.24, 2.45) is 7.05 Å². The van der Waals surface area contributed by atoms with Crippen LogP contribution in [-0.2, 0) is 19.8 Å². The predicted octanol–water partition coefficient (Wildman–Crippen LogP) is 3.79. The van der Waals surface area contributed by atoms with E-state index < -0.39 is 23.1 Å². The number of hydrogen-bond acceptors (Lipinski definition) is 3. The van der Waals surface area contributed by atoms with Crippen LogP contribution in [0.15, 0.2) is 64.2 Å². The zero-order valence-electron chi connectivity index (χ0n) is 14.5. The molecule has 3 rings (SSSR count). The monoisotopic (exact) mass is 410 g/mol. The third-order valence-electron chi connectivity index (χ3n) is 4.02. The van der Waals surface area contributed by atoms with Crippen molar-refractivity contribution in [2.45, 2.75) is 12.8 Å². The third-order valence-corrected chi connectivity index (χ3v) is 4.33. The highest BCUT2D eigenvalue weighted by molar-refractivity contribution is 6.32. The lowest BCUT2D eigenvalue weighted by molar-refractivity contribution is -0.144. The molecule has 146 valence electrons. The van der Waals surface area contributed by atoms with Crippen molar-refractivity contribution in [3.05, 3.63) is 91.7 Å². The lowest BCUT2D eigenvalue weighted by Gasteiger charge is -2.15. The summed E-state index contributed by atoms with van der Waals surface area (Å²) in [5.41, 5.74) is -2.64. The quantitative estimate of drug-likeness (QED) is 0.657. The highest BCUT2D eigenvalue weighted by atomic mass is 35.5. The van der Waals surface area contributed by atoms with Crippen molar-refractivity contribution >= 4 is 11.6 Å². The molecule has 0 atom stereocenters. The van der Waals surface area contributed by atoms with Crippen molar-refractivity contribution in [2.75, 3.05) is 0 Å². The molecule has 5 nitrogen and oxygen atoms in total. The van der Waals surface area contributed by atoms with Crippen LogP contribution in [0.5, 0.6) is 5.75 Å². The number of alkyl halides is 3. The van der Waals surface area contributed by atoms with Crippen molar-refractivity contribution in [1.29, 1.82) is 0 Å². The molecule has 0 spiro atoms. The van der Waals surface area contributed by atoms with E-state index in [4.69, 9.17) is 16.3 Å². The minimum Gasteiger partial charge on any atom is -0.487 e. The van der Waals surface area contributed by atoms with Crippen LogP contribution in [0.2, 0.25) is 5.02 Å². The van der Waals surface area contributed by atoms with Gasteiger partial charge >= 0.3 is 11.9 Å². The fourth-order valence-electron chi connectivity index (χ4n) is 2.61. The first-order valence-corrected chi connectivity index (χ1v) is 8.43. The van der Waals surface area contributed by atoms with Crippen molar-refractivity contribution in [3.63, 3.8) is 0 Å². The van der Waals surface area contributed by atoms with E-state index in [0.717, 1.165) is 12.6 Å². The predicted molar refractivity (Wildman–Crippen MR) is 98.1 cm³/mol. The van der Waals surface area contributed by atoms with Gasteiger partial charge in [0.2, 0.25) is 0 Å². The molecular formula is C19H14ClF3N2O3. The van der Waals surface area contributed by atoms with Crippen molar-refractivity contribution in [3.8, 4) is 11.4 Å². The molecule has 0 aliphatic rings. The zero-order valence-corrected chi connectivity index (χ0v) is 15.3. The molecule has 28 heavy (non-hydrogen) atoms. The number of benzene rings is 2. The van der Waals surface area contributed by atoms with Gasteiger partial charge in [-0.15, -0.1) is 0 Å². The van der Waals surface area contributed by atoms with E-state index in [2.05, 4.69) is 0 Å². The Bertz CT molecular complexity index is 1120. The maximum absolute atomic E-state index is 13.0. The fourth-order valence-corrected chi connectivity index (χ4v) is 2.78. The Morgan fingerprint density at radius 3 is 2.36 bits per heavy atom. The summed E-state index contributed by atoms with van der Waals surface area (Å²) in [6, 6.07) is 13.7. The summed E-state index contributed by atoms with van der Waals surface area (Å²) < 4.78 is 45.6. The van der Waals surface area contributed by atoms with E-state index in [0.29, 0.717) is 15.2 Å². The summed E-state index contributed by atoms with van der Waals surface area (Å²) in [6.45, 7) is 0.184. The van der Waals surface area contributed by atoms with E-state index in [9.17, 15) is 22.8 Å². The minimum absolute atomic E-state index is 0.0480. The van der Waals surface area contributed by atoms with Crippen LogP contribution >= 0.6 is 11.6 Å². The van der Waals surface area contributed by atoms with Gasteiger partial charge in [-0.2, -0.15) is 13.2 Å². The molecule has 3 aromatic rings. The second-order valence-electron chi connectivity index (χ2n) is 5.93. The number of aromatic nitrogens is 2. The van der Waals surface area contributed by atoms with Gasteiger partial charge in [-0.05, 0) is 17.7 Å². The first kappa shape index (κ1) is 19.8. The number of rotatable bonds is 4. The third kappa shape index (κ3) is 3.96. The number of hydrogen-bond donors (Lipinski definition) is 0. The Kier molecular flexibility index (Phi) is 5.33. The molecule has 0 aliphatic carbocycles. The maximum Gasteiger partial charge on any atom is 0.431 e. The Labute approximate surface area is 162 Å². The van der Waals surface area contributed by atoms with Crippen LogP contribution in [0.1, 0.15) is 11.3 Å². The van der Waals surface area contributed by atoms with E-state index in [1.54, 1.807) is 0 Å². The Hall–Kier alpha value is -3.00. The SMILES string of the molecule is Cn1c(C(F)(F)F)cc(=O)n(-c2ccc(Cl)c(OCc3ccccc3)c2)c1=O. The van der Waals surface area contributed by atoms with Crippen LogP contribution in [0.3, 0.4) is 0 Å². The smallest absolute Gasteiger partial charge is 0.431 e. The minimum atomic E-state index is -4.82. The largest absolute Gasteiger partial charge is 0.487 e. The highest BCUT2D eigenvalue weighted by Gasteiger charge is 2.35. The van der Waals surface area contributed by atoms with Crippen molar-refractivity contribution < 1.29 is 17.9 Å². The summed E-state index contributed by atoms with van der Waals surface area (Å²) >= 11 is 6.10. The van der Waals surface area contributed by atoms with Gasteiger partial charge in [-0.25, -0.2) is 9.36 Å². The molecular weight excluding hydrogens is 397 g/mol. The molecule has 0 aliphatic heterocycles. The van der Waals surface area contributed by atoms with Gasteiger partial charge in [-0.3, -0.25) is 9.36 Å². The number of halogens is 4. The Balaban J connectivity index is 2.02. The van der Waals surface area contributed by atoms with Gasteiger partial charge in [0.05, 0.1) is 10.7 Å². The average Bonchev–Trinajstić information content (AvgIpc) is 2.65. The maximum atomic E-state index is 13.0. The van der Waals surface area contributed by atoms with Gasteiger partial charge in [0.15, 0.2) is 0 Å². The lowest BCUT2D eigenvalue weighted by atomic mass is 10.2. The van der Waals surface area contributed by atoms with Crippen LogP contribution < -0.4 is 16.0 Å². The van der Waals surface area contributed by atoms with E-state index in [1.165, 1.54) is 18.2 Å². The molecule has 0 radical (unpaired) electrons. The highest BCUT2D eigenvalue weighted by Crippen LogP contribution is 2.29. The molecule has 1 heterocycles. The topological polar surface area (TPSA) is 53.2 Å². The number of nitrogens with zero attached hydrogens (tertiary/aromatic N) is 2. The van der Waals surface area contributed by atoms with Gasteiger partial charge in [-0.1, -0.05) is 41.9 Å². The van der Waals surface area contributed by atoms with Crippen LogP contribution in [0, 0.1) is 0 Å². The molecule has 9 heteroatoms. The molecule has 0 fully saturated rings. The molecule has 0 unspecified atom stereocenters. The normalized spacial score (nSPS) is 11.5. The average molecular weight is 411 g/mol. The molecule has 0 N–H and O–H groups in total. The van der Waals surface area contributed by atoms with Crippen LogP contribution in [0.25, 0.3) is 5.69 Å². The van der Waals surface area contributed by atoms with E-state index in [1.807, 2.05) is 30.3 Å². The zero-order chi connectivity index (χ0) is 20.5. The molecule has 0 saturated heterocycles. The molecule has 0 amide bonds. The van der Waals surface area contributed by atoms with E-state index in [-0.39, 0.29) is 23.1 Å². The number of ether oxygens (including phenoxy) is 1. The second-order valence-corrected chi connectivity index (χ2v) is 6.34. The fraction of sp³-hybridized carbons (Fsp3) is 0.158. The van der Waals surface area contributed by atoms with Crippen LogP contribution in [0.4, 0.5) is 13.2 Å². The van der Waals surface area contributed by atoms with E-state index >= 15 is 0 Å². The molecule has 0 bridgehead atoms. The molecule has 0 saturated carbocycles. The summed E-state index contributed by atoms with van der Waals surface area (Å²) in [7, 11) is 0.948. The Morgan fingerprint density at radius 2 is 1.71 bits per heavy atom. The second kappa shape index (κ2) is 7.55. The summed E-state index contributed by atoms with van der Waals surface area (Å²) in [6.07, 6.45) is -4.82. The molecule has 1 aromatic heterocycles. The van der Waals surface area contributed by atoms with Crippen LogP contribution in [-0.4, -0.2) is 9.13 Å². The standard InChI is InChI=1S/C19H14ClF3N2O3/c1-24-16(19(21,22)23)10-17(26)25(18(24)27)13-7-8-14(20)15(9-13)28-11-12-5-3-2-4-6-12/h2-10H,11H2,1H3. The summed E-state index contributed by atoms with van der Waals surface area (Å²) in [5, 5.41) is 0.233. The van der Waals surface area contributed by atoms with Gasteiger partial charge in [0, 0.05) is 19.2 Å². The lowest BCUT2D eigenvalue weighted by Crippen LogP contribution is -2.40. The van der Waals surface area contributed by atoms with Crippen molar-refractivity contribution in [1.82, 2.24) is 9.13 Å². The first-order valence-electron chi connectivity index (χ1n) is 8.05. The summed E-state index contributed by atoms with van der Waals surface area (Å²) in [5.74, 6) is 0.192. The molecule has 2 aromatic carbocycles. The Morgan fingerprint density at radius 1 is 1.04 bits per heavy atom. The first-order chi connectivity index (χ1) is 13.2. The summed E-state index contributed by atoms with van der Waals surface area (Å²) in [4.78, 5) is 24.6.